The average molecular weight is 207 g/mol. The molecule has 1 aromatic rings. The van der Waals surface area contributed by atoms with E-state index in [1.807, 2.05) is 12.4 Å². The van der Waals surface area contributed by atoms with Crippen molar-refractivity contribution in [3.63, 3.8) is 0 Å². The molecule has 1 rings (SSSR count). The van der Waals surface area contributed by atoms with E-state index in [-0.39, 0.29) is 6.04 Å². The zero-order valence-electron chi connectivity index (χ0n) is 9.69. The van der Waals surface area contributed by atoms with E-state index in [9.17, 15) is 0 Å². The van der Waals surface area contributed by atoms with Crippen LogP contribution >= 0.6 is 0 Å². The molecule has 0 aromatic carbocycles. The van der Waals surface area contributed by atoms with Crippen molar-refractivity contribution in [2.24, 2.45) is 11.7 Å². The SMILES string of the molecule is CCCC(CCC)C(N)c1cncnc1. The van der Waals surface area contributed by atoms with Crippen LogP contribution in [0.1, 0.15) is 51.1 Å². The second kappa shape index (κ2) is 6.51. The first-order valence-corrected chi connectivity index (χ1v) is 5.80. The highest BCUT2D eigenvalue weighted by Crippen LogP contribution is 2.26. The molecule has 0 saturated carbocycles. The Morgan fingerprint density at radius 1 is 1.13 bits per heavy atom. The van der Waals surface area contributed by atoms with Crippen LogP contribution in [0.5, 0.6) is 0 Å². The van der Waals surface area contributed by atoms with Crippen LogP contribution in [0.3, 0.4) is 0 Å². The Balaban J connectivity index is 2.67. The van der Waals surface area contributed by atoms with Crippen LogP contribution in [0.15, 0.2) is 18.7 Å². The van der Waals surface area contributed by atoms with Crippen LogP contribution in [0.2, 0.25) is 0 Å². The molecule has 0 aliphatic heterocycles. The second-order valence-corrected chi connectivity index (χ2v) is 4.04. The molecule has 1 unspecified atom stereocenters. The Morgan fingerprint density at radius 2 is 1.67 bits per heavy atom. The third kappa shape index (κ3) is 3.59. The minimum Gasteiger partial charge on any atom is -0.324 e. The molecule has 0 aliphatic rings. The summed E-state index contributed by atoms with van der Waals surface area (Å²) in [5.41, 5.74) is 7.29. The van der Waals surface area contributed by atoms with Gasteiger partial charge in [-0.05, 0) is 18.8 Å². The fraction of sp³-hybridized carbons (Fsp3) is 0.667. The number of nitrogens with zero attached hydrogens (tertiary/aromatic N) is 2. The highest BCUT2D eigenvalue weighted by molar-refractivity contribution is 5.09. The van der Waals surface area contributed by atoms with Gasteiger partial charge in [0.1, 0.15) is 6.33 Å². The summed E-state index contributed by atoms with van der Waals surface area (Å²) in [6, 6.07) is 0.0890. The van der Waals surface area contributed by atoms with Gasteiger partial charge in [-0.3, -0.25) is 0 Å². The molecular weight excluding hydrogens is 186 g/mol. The van der Waals surface area contributed by atoms with Gasteiger partial charge in [-0.25, -0.2) is 9.97 Å². The Bertz CT molecular complexity index is 255. The van der Waals surface area contributed by atoms with Crippen molar-refractivity contribution in [1.82, 2.24) is 9.97 Å². The molecule has 1 heterocycles. The first kappa shape index (κ1) is 12.1. The fourth-order valence-corrected chi connectivity index (χ4v) is 2.00. The fourth-order valence-electron chi connectivity index (χ4n) is 2.00. The molecule has 0 radical (unpaired) electrons. The van der Waals surface area contributed by atoms with Crippen molar-refractivity contribution >= 4 is 0 Å². The van der Waals surface area contributed by atoms with Crippen molar-refractivity contribution in [3.05, 3.63) is 24.3 Å². The first-order chi connectivity index (χ1) is 7.29. The number of aromatic nitrogens is 2. The highest BCUT2D eigenvalue weighted by atomic mass is 14.8. The van der Waals surface area contributed by atoms with Crippen LogP contribution in [-0.2, 0) is 0 Å². The monoisotopic (exact) mass is 207 g/mol. The lowest BCUT2D eigenvalue weighted by Gasteiger charge is -2.22. The second-order valence-electron chi connectivity index (χ2n) is 4.04. The highest BCUT2D eigenvalue weighted by Gasteiger charge is 2.18. The van der Waals surface area contributed by atoms with E-state index in [1.165, 1.54) is 25.7 Å². The molecule has 15 heavy (non-hydrogen) atoms. The number of hydrogen-bond acceptors (Lipinski definition) is 3. The zero-order valence-corrected chi connectivity index (χ0v) is 9.69. The summed E-state index contributed by atoms with van der Waals surface area (Å²) < 4.78 is 0. The normalized spacial score (nSPS) is 13.1. The predicted molar refractivity (Wildman–Crippen MR) is 62.3 cm³/mol. The summed E-state index contributed by atoms with van der Waals surface area (Å²) in [5.74, 6) is 0.561. The molecule has 0 bridgehead atoms. The molecule has 84 valence electrons. The molecule has 0 saturated heterocycles. The Hall–Kier alpha value is -0.960. The van der Waals surface area contributed by atoms with Crippen LogP contribution in [0.4, 0.5) is 0 Å². The maximum absolute atomic E-state index is 6.23. The van der Waals surface area contributed by atoms with Crippen molar-refractivity contribution in [2.75, 3.05) is 0 Å². The van der Waals surface area contributed by atoms with Gasteiger partial charge in [0.2, 0.25) is 0 Å². The predicted octanol–water partition coefficient (Wildman–Crippen LogP) is 2.69. The van der Waals surface area contributed by atoms with Gasteiger partial charge in [0.05, 0.1) is 0 Å². The van der Waals surface area contributed by atoms with E-state index >= 15 is 0 Å². The lowest BCUT2D eigenvalue weighted by Crippen LogP contribution is -2.21. The molecule has 0 aliphatic carbocycles. The topological polar surface area (TPSA) is 51.8 Å². The van der Waals surface area contributed by atoms with E-state index in [2.05, 4.69) is 23.8 Å². The molecule has 3 heteroatoms. The van der Waals surface area contributed by atoms with E-state index in [0.29, 0.717) is 5.92 Å². The smallest absolute Gasteiger partial charge is 0.115 e. The van der Waals surface area contributed by atoms with Crippen LogP contribution < -0.4 is 5.73 Å². The summed E-state index contributed by atoms with van der Waals surface area (Å²) >= 11 is 0. The molecule has 2 N–H and O–H groups in total. The lowest BCUT2D eigenvalue weighted by molar-refractivity contribution is 0.367. The molecule has 3 nitrogen and oxygen atoms in total. The van der Waals surface area contributed by atoms with Gasteiger partial charge in [-0.15, -0.1) is 0 Å². The van der Waals surface area contributed by atoms with Crippen molar-refractivity contribution in [2.45, 2.75) is 45.6 Å². The van der Waals surface area contributed by atoms with Gasteiger partial charge < -0.3 is 5.73 Å². The number of hydrogen-bond donors (Lipinski definition) is 1. The summed E-state index contributed by atoms with van der Waals surface area (Å²) in [6.45, 7) is 4.41. The zero-order chi connectivity index (χ0) is 11.1. The molecular formula is C12H21N3. The van der Waals surface area contributed by atoms with Crippen molar-refractivity contribution < 1.29 is 0 Å². The molecule has 0 spiro atoms. The third-order valence-electron chi connectivity index (χ3n) is 2.79. The number of nitrogens with two attached hydrogens (primary N) is 1. The minimum atomic E-state index is 0.0890. The standard InChI is InChI=1S/C12H21N3/c1-3-5-10(6-4-2)12(13)11-7-14-9-15-8-11/h7-10,12H,3-6,13H2,1-2H3. The van der Waals surface area contributed by atoms with Gasteiger partial charge >= 0.3 is 0 Å². The summed E-state index contributed by atoms with van der Waals surface area (Å²) in [5, 5.41) is 0. The van der Waals surface area contributed by atoms with E-state index in [1.54, 1.807) is 6.33 Å². The maximum Gasteiger partial charge on any atom is 0.115 e. The van der Waals surface area contributed by atoms with Gasteiger partial charge in [0.25, 0.3) is 0 Å². The van der Waals surface area contributed by atoms with Crippen LogP contribution in [0, 0.1) is 5.92 Å². The Morgan fingerprint density at radius 3 is 2.13 bits per heavy atom. The van der Waals surface area contributed by atoms with Gasteiger partial charge in [0, 0.05) is 24.0 Å². The van der Waals surface area contributed by atoms with E-state index in [0.717, 1.165) is 5.56 Å². The van der Waals surface area contributed by atoms with E-state index in [4.69, 9.17) is 5.73 Å². The third-order valence-corrected chi connectivity index (χ3v) is 2.79. The van der Waals surface area contributed by atoms with Gasteiger partial charge in [-0.1, -0.05) is 26.7 Å². The first-order valence-electron chi connectivity index (χ1n) is 5.80. The number of rotatable bonds is 6. The molecule has 0 fully saturated rings. The quantitative estimate of drug-likeness (QED) is 0.780. The summed E-state index contributed by atoms with van der Waals surface area (Å²) in [6.07, 6.45) is 9.95. The summed E-state index contributed by atoms with van der Waals surface area (Å²) in [4.78, 5) is 8.03. The summed E-state index contributed by atoms with van der Waals surface area (Å²) in [7, 11) is 0. The molecule has 0 amide bonds. The largest absolute Gasteiger partial charge is 0.324 e. The van der Waals surface area contributed by atoms with E-state index < -0.39 is 0 Å². The van der Waals surface area contributed by atoms with Gasteiger partial charge in [0.15, 0.2) is 0 Å². The van der Waals surface area contributed by atoms with Gasteiger partial charge in [-0.2, -0.15) is 0 Å². The molecule has 1 aromatic heterocycles. The van der Waals surface area contributed by atoms with Crippen LogP contribution in [0.25, 0.3) is 0 Å². The maximum atomic E-state index is 6.23. The van der Waals surface area contributed by atoms with Crippen LogP contribution in [-0.4, -0.2) is 9.97 Å². The average Bonchev–Trinajstić information content (AvgIpc) is 2.29. The Labute approximate surface area is 92.1 Å². The van der Waals surface area contributed by atoms with Crippen molar-refractivity contribution in [3.8, 4) is 0 Å². The Kier molecular flexibility index (Phi) is 5.26. The lowest BCUT2D eigenvalue weighted by atomic mass is 9.88. The minimum absolute atomic E-state index is 0.0890. The molecule has 1 atom stereocenters. The van der Waals surface area contributed by atoms with Crippen molar-refractivity contribution in [1.29, 1.82) is 0 Å².